The minimum atomic E-state index is -0.701. The average Bonchev–Trinajstić information content (AvgIpc) is 2.63. The van der Waals surface area contributed by atoms with E-state index in [1.165, 1.54) is 12.6 Å². The number of amides is 1. The van der Waals surface area contributed by atoms with Gasteiger partial charge in [-0.25, -0.2) is 5.06 Å². The fourth-order valence-corrected chi connectivity index (χ4v) is 2.94. The minimum absolute atomic E-state index is 0.0353. The molecule has 0 bridgehead atoms. The Labute approximate surface area is 141 Å². The third-order valence-electron chi connectivity index (χ3n) is 4.25. The maximum Gasteiger partial charge on any atom is 0.343 e. The van der Waals surface area contributed by atoms with Gasteiger partial charge in [-0.2, -0.15) is 4.73 Å². The van der Waals surface area contributed by atoms with Gasteiger partial charge in [0.05, 0.1) is 6.54 Å². The number of hydrogen-bond acceptors (Lipinski definition) is 4. The summed E-state index contributed by atoms with van der Waals surface area (Å²) in [5, 5.41) is 22.6. The Balaban J connectivity index is 1.78. The van der Waals surface area contributed by atoms with Crippen molar-refractivity contribution in [1.29, 1.82) is 0 Å². The summed E-state index contributed by atoms with van der Waals surface area (Å²) in [6.07, 6.45) is 4.75. The standard InChI is InChI=1S/C18H21N3O3/c22-18(21(24)14-15-7-3-1-4-8-15)17-13-16(9-12-20(17)23)19-10-5-2-6-11-19/h1,3-4,7-9,12-13,24H,2,5-6,10-11,14H2. The van der Waals surface area contributed by atoms with Gasteiger partial charge in [0.1, 0.15) is 0 Å². The summed E-state index contributed by atoms with van der Waals surface area (Å²) in [5.41, 5.74) is 1.56. The van der Waals surface area contributed by atoms with Crippen LogP contribution < -0.4 is 9.63 Å². The number of aromatic nitrogens is 1. The van der Waals surface area contributed by atoms with E-state index in [-0.39, 0.29) is 12.2 Å². The molecule has 6 heteroatoms. The zero-order valence-corrected chi connectivity index (χ0v) is 13.5. The summed E-state index contributed by atoms with van der Waals surface area (Å²) in [4.78, 5) is 14.6. The number of carbonyl (C=O) groups excluding carboxylic acids is 1. The first-order valence-electron chi connectivity index (χ1n) is 8.18. The number of carbonyl (C=O) groups is 1. The van der Waals surface area contributed by atoms with Crippen molar-refractivity contribution < 1.29 is 14.7 Å². The highest BCUT2D eigenvalue weighted by molar-refractivity contribution is 5.91. The van der Waals surface area contributed by atoms with Crippen LogP contribution in [0.3, 0.4) is 0 Å². The SMILES string of the molecule is O=C(c1cc(N2CCCCC2)cc[n+]1[O-])N(O)Cc1ccccc1. The zero-order valence-electron chi connectivity index (χ0n) is 13.5. The van der Waals surface area contributed by atoms with Gasteiger partial charge in [0.15, 0.2) is 6.20 Å². The lowest BCUT2D eigenvalue weighted by Crippen LogP contribution is -2.41. The van der Waals surface area contributed by atoms with Crippen molar-refractivity contribution in [3.63, 3.8) is 0 Å². The van der Waals surface area contributed by atoms with Gasteiger partial charge in [-0.1, -0.05) is 30.3 Å². The van der Waals surface area contributed by atoms with Crippen molar-refractivity contribution in [2.24, 2.45) is 0 Å². The Bertz CT molecular complexity index is 700. The van der Waals surface area contributed by atoms with E-state index in [2.05, 4.69) is 4.90 Å². The molecule has 24 heavy (non-hydrogen) atoms. The van der Waals surface area contributed by atoms with E-state index >= 15 is 0 Å². The van der Waals surface area contributed by atoms with Crippen LogP contribution in [0.25, 0.3) is 0 Å². The van der Waals surface area contributed by atoms with Crippen molar-refractivity contribution in [2.45, 2.75) is 25.8 Å². The zero-order chi connectivity index (χ0) is 16.9. The van der Waals surface area contributed by atoms with Gasteiger partial charge < -0.3 is 10.1 Å². The number of anilines is 1. The number of pyridine rings is 1. The van der Waals surface area contributed by atoms with Crippen LogP contribution >= 0.6 is 0 Å². The molecule has 1 saturated heterocycles. The minimum Gasteiger partial charge on any atom is -0.618 e. The highest BCUT2D eigenvalue weighted by Crippen LogP contribution is 2.20. The van der Waals surface area contributed by atoms with Crippen LogP contribution in [0.2, 0.25) is 0 Å². The van der Waals surface area contributed by atoms with Gasteiger partial charge in [-0.3, -0.25) is 10.0 Å². The number of nitrogens with zero attached hydrogens (tertiary/aromatic N) is 3. The molecule has 0 aliphatic carbocycles. The summed E-state index contributed by atoms with van der Waals surface area (Å²) in [6, 6.07) is 12.4. The summed E-state index contributed by atoms with van der Waals surface area (Å²) in [6.45, 7) is 1.88. The molecule has 1 aliphatic heterocycles. The predicted octanol–water partition coefficient (Wildman–Crippen LogP) is 2.34. The largest absolute Gasteiger partial charge is 0.618 e. The first-order chi connectivity index (χ1) is 11.6. The molecule has 0 spiro atoms. The first kappa shape index (κ1) is 16.3. The van der Waals surface area contributed by atoms with Gasteiger partial charge in [-0.05, 0) is 24.8 Å². The Morgan fingerprint density at radius 2 is 1.88 bits per heavy atom. The monoisotopic (exact) mass is 327 g/mol. The van der Waals surface area contributed by atoms with Crippen LogP contribution in [0, 0.1) is 5.21 Å². The topological polar surface area (TPSA) is 70.7 Å². The normalized spacial score (nSPS) is 14.5. The Hall–Kier alpha value is -2.60. The molecule has 2 aromatic rings. The molecule has 0 saturated carbocycles. The molecule has 0 radical (unpaired) electrons. The van der Waals surface area contributed by atoms with E-state index < -0.39 is 5.91 Å². The average molecular weight is 327 g/mol. The number of piperidine rings is 1. The molecule has 1 aromatic heterocycles. The van der Waals surface area contributed by atoms with Gasteiger partial charge in [0, 0.05) is 30.9 Å². The molecular weight excluding hydrogens is 306 g/mol. The quantitative estimate of drug-likeness (QED) is 0.405. The van der Waals surface area contributed by atoms with Crippen LogP contribution in [0.4, 0.5) is 5.69 Å². The summed E-state index contributed by atoms with van der Waals surface area (Å²) in [5.74, 6) is -0.701. The first-order valence-corrected chi connectivity index (χ1v) is 8.18. The molecule has 0 unspecified atom stereocenters. The number of hydrogen-bond donors (Lipinski definition) is 1. The highest BCUT2D eigenvalue weighted by Gasteiger charge is 2.24. The maximum absolute atomic E-state index is 12.4. The molecule has 2 heterocycles. The van der Waals surface area contributed by atoms with Crippen LogP contribution in [-0.2, 0) is 6.54 Å². The molecule has 126 valence electrons. The van der Waals surface area contributed by atoms with Gasteiger partial charge >= 0.3 is 5.91 Å². The van der Waals surface area contributed by atoms with Crippen LogP contribution in [-0.4, -0.2) is 29.3 Å². The molecule has 1 N–H and O–H groups in total. The third kappa shape index (κ3) is 3.65. The lowest BCUT2D eigenvalue weighted by Gasteiger charge is -2.28. The number of benzene rings is 1. The van der Waals surface area contributed by atoms with Crippen molar-refractivity contribution in [3.05, 3.63) is 65.1 Å². The second-order valence-electron chi connectivity index (χ2n) is 5.99. The fraction of sp³-hybridized carbons (Fsp3) is 0.333. The van der Waals surface area contributed by atoms with E-state index in [1.54, 1.807) is 12.1 Å². The van der Waals surface area contributed by atoms with E-state index in [0.717, 1.165) is 37.2 Å². The van der Waals surface area contributed by atoms with Gasteiger partial charge in [-0.15, -0.1) is 0 Å². The van der Waals surface area contributed by atoms with Crippen LogP contribution in [0.15, 0.2) is 48.7 Å². The Kier molecular flexibility index (Phi) is 4.96. The summed E-state index contributed by atoms with van der Waals surface area (Å²) in [7, 11) is 0. The van der Waals surface area contributed by atoms with E-state index in [0.29, 0.717) is 9.79 Å². The van der Waals surface area contributed by atoms with Crippen LogP contribution in [0.5, 0.6) is 0 Å². The molecule has 3 rings (SSSR count). The highest BCUT2D eigenvalue weighted by atomic mass is 16.5. The lowest BCUT2D eigenvalue weighted by atomic mass is 10.1. The van der Waals surface area contributed by atoms with E-state index in [9.17, 15) is 15.2 Å². The van der Waals surface area contributed by atoms with Crippen molar-refractivity contribution in [3.8, 4) is 0 Å². The van der Waals surface area contributed by atoms with Crippen molar-refractivity contribution >= 4 is 11.6 Å². The van der Waals surface area contributed by atoms with Gasteiger partial charge in [0.2, 0.25) is 0 Å². The molecule has 1 fully saturated rings. The van der Waals surface area contributed by atoms with Crippen molar-refractivity contribution in [1.82, 2.24) is 5.06 Å². The second-order valence-corrected chi connectivity index (χ2v) is 5.99. The molecular formula is C18H21N3O3. The second kappa shape index (κ2) is 7.31. The molecule has 6 nitrogen and oxygen atoms in total. The molecule has 1 aliphatic rings. The maximum atomic E-state index is 12.4. The number of rotatable bonds is 4. The molecule has 0 atom stereocenters. The smallest absolute Gasteiger partial charge is 0.343 e. The third-order valence-corrected chi connectivity index (χ3v) is 4.25. The van der Waals surface area contributed by atoms with Crippen molar-refractivity contribution in [2.75, 3.05) is 18.0 Å². The lowest BCUT2D eigenvalue weighted by molar-refractivity contribution is -0.608. The van der Waals surface area contributed by atoms with Crippen LogP contribution in [0.1, 0.15) is 35.3 Å². The summed E-state index contributed by atoms with van der Waals surface area (Å²) < 4.78 is 0.504. The Morgan fingerprint density at radius 1 is 1.17 bits per heavy atom. The van der Waals surface area contributed by atoms with Gasteiger partial charge in [0.25, 0.3) is 5.69 Å². The molecule has 1 amide bonds. The fourth-order valence-electron chi connectivity index (χ4n) is 2.94. The number of hydroxylamine groups is 2. The van der Waals surface area contributed by atoms with E-state index in [1.807, 2.05) is 30.3 Å². The van der Waals surface area contributed by atoms with E-state index in [4.69, 9.17) is 0 Å². The summed E-state index contributed by atoms with van der Waals surface area (Å²) >= 11 is 0. The molecule has 1 aromatic carbocycles. The Morgan fingerprint density at radius 3 is 2.58 bits per heavy atom. The predicted molar refractivity (Wildman–Crippen MR) is 89.6 cm³/mol.